The summed E-state index contributed by atoms with van der Waals surface area (Å²) in [6.07, 6.45) is 5.13. The molecule has 1 saturated heterocycles. The van der Waals surface area contributed by atoms with Crippen LogP contribution in [0.25, 0.3) is 11.0 Å². The second-order valence-electron chi connectivity index (χ2n) is 5.49. The Morgan fingerprint density at radius 3 is 2.80 bits per heavy atom. The van der Waals surface area contributed by atoms with Crippen LogP contribution in [-0.2, 0) is 0 Å². The van der Waals surface area contributed by atoms with Gasteiger partial charge < -0.3 is 10.6 Å². The van der Waals surface area contributed by atoms with Crippen LogP contribution in [0, 0.1) is 0 Å². The Morgan fingerprint density at radius 1 is 1.25 bits per heavy atom. The lowest BCUT2D eigenvalue weighted by Crippen LogP contribution is -2.52. The molecule has 1 aliphatic heterocycles. The van der Waals surface area contributed by atoms with Gasteiger partial charge in [0.15, 0.2) is 0 Å². The molecule has 5 heteroatoms. The van der Waals surface area contributed by atoms with Crippen LogP contribution in [0.3, 0.4) is 0 Å². The number of para-hydroxylation sites is 1. The third-order valence-electron chi connectivity index (χ3n) is 3.87. The third-order valence-corrected chi connectivity index (χ3v) is 3.87. The second kappa shape index (κ2) is 5.17. The topological polar surface area (TPSA) is 66.9 Å². The standard InChI is InChI=1S/C15H18N4O/c1-15(5-7-16-8-6-15)19-14(20)11-3-2-4-12-13(11)18-10-9-17-12/h2-4,9-10,16H,5-8H2,1H3,(H,19,20). The summed E-state index contributed by atoms with van der Waals surface area (Å²) in [7, 11) is 0. The highest BCUT2D eigenvalue weighted by Gasteiger charge is 2.29. The molecule has 0 saturated carbocycles. The largest absolute Gasteiger partial charge is 0.347 e. The number of aromatic nitrogens is 2. The number of benzene rings is 1. The van der Waals surface area contributed by atoms with E-state index in [-0.39, 0.29) is 11.4 Å². The van der Waals surface area contributed by atoms with Gasteiger partial charge in [-0.15, -0.1) is 0 Å². The average Bonchev–Trinajstić information content (AvgIpc) is 2.47. The van der Waals surface area contributed by atoms with E-state index in [0.29, 0.717) is 11.1 Å². The molecule has 0 aliphatic carbocycles. The molecular formula is C15H18N4O. The average molecular weight is 270 g/mol. The van der Waals surface area contributed by atoms with E-state index in [2.05, 4.69) is 27.5 Å². The maximum atomic E-state index is 12.5. The molecule has 0 radical (unpaired) electrons. The molecule has 1 aliphatic rings. The van der Waals surface area contributed by atoms with Crippen LogP contribution < -0.4 is 10.6 Å². The molecule has 104 valence electrons. The van der Waals surface area contributed by atoms with Crippen LogP contribution in [-0.4, -0.2) is 34.5 Å². The van der Waals surface area contributed by atoms with Gasteiger partial charge in [-0.3, -0.25) is 14.8 Å². The Hall–Kier alpha value is -2.01. The van der Waals surface area contributed by atoms with Crippen molar-refractivity contribution < 1.29 is 4.79 Å². The number of nitrogens with one attached hydrogen (secondary N) is 2. The highest BCUT2D eigenvalue weighted by molar-refractivity contribution is 6.04. The van der Waals surface area contributed by atoms with Gasteiger partial charge in [0, 0.05) is 17.9 Å². The molecular weight excluding hydrogens is 252 g/mol. The van der Waals surface area contributed by atoms with Crippen LogP contribution in [0.4, 0.5) is 0 Å². The maximum absolute atomic E-state index is 12.5. The van der Waals surface area contributed by atoms with Crippen LogP contribution in [0.5, 0.6) is 0 Å². The van der Waals surface area contributed by atoms with Crippen molar-refractivity contribution in [2.75, 3.05) is 13.1 Å². The monoisotopic (exact) mass is 270 g/mol. The molecule has 0 atom stereocenters. The van der Waals surface area contributed by atoms with Crippen LogP contribution in [0.2, 0.25) is 0 Å². The van der Waals surface area contributed by atoms with Gasteiger partial charge in [-0.2, -0.15) is 0 Å². The van der Waals surface area contributed by atoms with E-state index in [9.17, 15) is 4.79 Å². The van der Waals surface area contributed by atoms with Crippen molar-refractivity contribution in [3.05, 3.63) is 36.2 Å². The number of carbonyl (C=O) groups excluding carboxylic acids is 1. The first-order valence-corrected chi connectivity index (χ1v) is 6.91. The molecule has 1 fully saturated rings. The fraction of sp³-hybridized carbons (Fsp3) is 0.400. The van der Waals surface area contributed by atoms with E-state index in [1.165, 1.54) is 0 Å². The van der Waals surface area contributed by atoms with Gasteiger partial charge in [0.25, 0.3) is 5.91 Å². The summed E-state index contributed by atoms with van der Waals surface area (Å²) in [6, 6.07) is 5.51. The molecule has 2 heterocycles. The lowest BCUT2D eigenvalue weighted by atomic mass is 9.90. The number of fused-ring (bicyclic) bond motifs is 1. The highest BCUT2D eigenvalue weighted by atomic mass is 16.1. The molecule has 0 spiro atoms. The number of nitrogens with zero attached hydrogens (tertiary/aromatic N) is 2. The minimum absolute atomic E-state index is 0.0690. The molecule has 1 aromatic carbocycles. The molecule has 1 amide bonds. The Balaban J connectivity index is 1.89. The van der Waals surface area contributed by atoms with Crippen molar-refractivity contribution in [2.45, 2.75) is 25.3 Å². The maximum Gasteiger partial charge on any atom is 0.253 e. The summed E-state index contributed by atoms with van der Waals surface area (Å²) in [5, 5.41) is 6.47. The summed E-state index contributed by atoms with van der Waals surface area (Å²) in [5.74, 6) is -0.0690. The van der Waals surface area contributed by atoms with E-state index in [4.69, 9.17) is 0 Å². The normalized spacial score (nSPS) is 17.9. The molecule has 2 aromatic rings. The van der Waals surface area contributed by atoms with Crippen molar-refractivity contribution in [1.82, 2.24) is 20.6 Å². The predicted molar refractivity (Wildman–Crippen MR) is 77.5 cm³/mol. The summed E-state index contributed by atoms with van der Waals surface area (Å²) >= 11 is 0. The lowest BCUT2D eigenvalue weighted by molar-refractivity contribution is 0.0889. The van der Waals surface area contributed by atoms with Crippen molar-refractivity contribution in [2.24, 2.45) is 0 Å². The van der Waals surface area contributed by atoms with Crippen LogP contribution in [0.1, 0.15) is 30.1 Å². The Bertz CT molecular complexity index is 629. The minimum Gasteiger partial charge on any atom is -0.347 e. The molecule has 3 rings (SSSR count). The third kappa shape index (κ3) is 2.49. The number of rotatable bonds is 2. The van der Waals surface area contributed by atoms with E-state index in [0.717, 1.165) is 31.4 Å². The quantitative estimate of drug-likeness (QED) is 0.868. The van der Waals surface area contributed by atoms with Crippen molar-refractivity contribution >= 4 is 16.9 Å². The SMILES string of the molecule is CC1(NC(=O)c2cccc3nccnc23)CCNCC1. The first kappa shape index (κ1) is 13.0. The van der Waals surface area contributed by atoms with Crippen molar-refractivity contribution in [3.63, 3.8) is 0 Å². The second-order valence-corrected chi connectivity index (χ2v) is 5.49. The number of carbonyl (C=O) groups is 1. The fourth-order valence-corrected chi connectivity index (χ4v) is 2.62. The Kier molecular flexibility index (Phi) is 3.36. The molecule has 1 aromatic heterocycles. The van der Waals surface area contributed by atoms with Crippen molar-refractivity contribution in [1.29, 1.82) is 0 Å². The van der Waals surface area contributed by atoms with Gasteiger partial charge in [-0.25, -0.2) is 0 Å². The zero-order valence-corrected chi connectivity index (χ0v) is 11.5. The number of hydrogen-bond donors (Lipinski definition) is 2. The number of hydrogen-bond acceptors (Lipinski definition) is 4. The predicted octanol–water partition coefficient (Wildman–Crippen LogP) is 1.50. The van der Waals surface area contributed by atoms with Crippen LogP contribution >= 0.6 is 0 Å². The van der Waals surface area contributed by atoms with E-state index < -0.39 is 0 Å². The Morgan fingerprint density at radius 2 is 2.00 bits per heavy atom. The van der Waals surface area contributed by atoms with E-state index in [1.54, 1.807) is 18.5 Å². The zero-order valence-electron chi connectivity index (χ0n) is 11.5. The summed E-state index contributed by atoms with van der Waals surface area (Å²) in [5.41, 5.74) is 1.85. The zero-order chi connectivity index (χ0) is 14.0. The summed E-state index contributed by atoms with van der Waals surface area (Å²) < 4.78 is 0. The Labute approximate surface area is 117 Å². The molecule has 0 unspecified atom stereocenters. The minimum atomic E-state index is -0.146. The molecule has 20 heavy (non-hydrogen) atoms. The number of amides is 1. The van der Waals surface area contributed by atoms with Gasteiger partial charge in [-0.05, 0) is 45.0 Å². The first-order valence-electron chi connectivity index (χ1n) is 6.91. The summed E-state index contributed by atoms with van der Waals surface area (Å²) in [4.78, 5) is 21.1. The lowest BCUT2D eigenvalue weighted by Gasteiger charge is -2.35. The molecule has 0 bridgehead atoms. The van der Waals surface area contributed by atoms with E-state index in [1.807, 2.05) is 12.1 Å². The van der Waals surface area contributed by atoms with Gasteiger partial charge >= 0.3 is 0 Å². The highest BCUT2D eigenvalue weighted by Crippen LogP contribution is 2.20. The van der Waals surface area contributed by atoms with Crippen molar-refractivity contribution in [3.8, 4) is 0 Å². The summed E-state index contributed by atoms with van der Waals surface area (Å²) in [6.45, 7) is 3.97. The smallest absolute Gasteiger partial charge is 0.253 e. The van der Waals surface area contributed by atoms with Gasteiger partial charge in [0.05, 0.1) is 11.1 Å². The van der Waals surface area contributed by atoms with Crippen LogP contribution in [0.15, 0.2) is 30.6 Å². The fourth-order valence-electron chi connectivity index (χ4n) is 2.62. The molecule has 2 N–H and O–H groups in total. The van der Waals surface area contributed by atoms with Gasteiger partial charge in [0.1, 0.15) is 5.52 Å². The van der Waals surface area contributed by atoms with Gasteiger partial charge in [-0.1, -0.05) is 6.07 Å². The van der Waals surface area contributed by atoms with Gasteiger partial charge in [0.2, 0.25) is 0 Å². The van der Waals surface area contributed by atoms with E-state index >= 15 is 0 Å². The first-order chi connectivity index (χ1) is 9.68. The number of piperidine rings is 1. The molecule has 5 nitrogen and oxygen atoms in total.